The molecule has 0 fully saturated rings. The Morgan fingerprint density at radius 3 is 2.52 bits per heavy atom. The summed E-state index contributed by atoms with van der Waals surface area (Å²) in [5, 5.41) is 7.75. The first-order valence-electron chi connectivity index (χ1n) is 6.36. The van der Waals surface area contributed by atoms with Crippen molar-refractivity contribution in [2.45, 2.75) is 31.2 Å². The number of ether oxygens (including phenoxy) is 1. The van der Waals surface area contributed by atoms with Gasteiger partial charge in [0.2, 0.25) is 15.9 Å². The number of nitrogens with one attached hydrogen (secondary N) is 1. The molecule has 1 atom stereocenters. The molecule has 8 heteroatoms. The second kappa shape index (κ2) is 6.99. The number of hydrogen-bond acceptors (Lipinski definition) is 5. The van der Waals surface area contributed by atoms with Gasteiger partial charge in [-0.05, 0) is 43.5 Å². The number of nitrogens with two attached hydrogens (primary N) is 2. The average Bonchev–Trinajstić information content (AvgIpc) is 2.39. The molecule has 1 unspecified atom stereocenters. The molecule has 5 N–H and O–H groups in total. The zero-order valence-electron chi connectivity index (χ0n) is 12.3. The number of methoxy groups -OCH3 is 1. The van der Waals surface area contributed by atoms with Crippen LogP contribution < -0.4 is 16.2 Å². The third-order valence-corrected chi connectivity index (χ3v) is 4.09. The summed E-state index contributed by atoms with van der Waals surface area (Å²) in [5.74, 6) is -0.402. The number of sulfonamides is 1. The molecule has 7 nitrogen and oxygen atoms in total. The number of rotatable bonds is 6. The van der Waals surface area contributed by atoms with E-state index in [1.165, 1.54) is 19.2 Å². The molecule has 1 aromatic rings. The fourth-order valence-corrected chi connectivity index (χ4v) is 2.34. The number of aryl methyl sites for hydroxylation is 1. The lowest BCUT2D eigenvalue weighted by molar-refractivity contribution is -0.117. The maximum atomic E-state index is 12.0. The summed E-state index contributed by atoms with van der Waals surface area (Å²) in [6.45, 7) is 3.88. The fourth-order valence-electron chi connectivity index (χ4n) is 1.72. The van der Waals surface area contributed by atoms with Crippen molar-refractivity contribution in [2.75, 3.05) is 19.0 Å². The van der Waals surface area contributed by atoms with Crippen molar-refractivity contribution in [3.8, 4) is 0 Å². The van der Waals surface area contributed by atoms with Gasteiger partial charge in [-0.2, -0.15) is 0 Å². The van der Waals surface area contributed by atoms with Gasteiger partial charge in [0.15, 0.2) is 0 Å². The Labute approximate surface area is 124 Å². The van der Waals surface area contributed by atoms with E-state index in [4.69, 9.17) is 15.6 Å². The number of primary sulfonamides is 1. The Morgan fingerprint density at radius 1 is 1.38 bits per heavy atom. The Kier molecular flexibility index (Phi) is 5.85. The number of benzene rings is 1. The maximum Gasteiger partial charge on any atom is 0.241 e. The van der Waals surface area contributed by atoms with Crippen molar-refractivity contribution in [3.05, 3.63) is 23.3 Å². The normalized spacial score (nSPS) is 13.0. The lowest BCUT2D eigenvalue weighted by Gasteiger charge is -2.15. The molecule has 21 heavy (non-hydrogen) atoms. The summed E-state index contributed by atoms with van der Waals surface area (Å²) in [6.07, 6.45) is 0.370. The van der Waals surface area contributed by atoms with Crippen molar-refractivity contribution in [1.82, 2.24) is 0 Å². The van der Waals surface area contributed by atoms with Crippen molar-refractivity contribution >= 4 is 21.6 Å². The van der Waals surface area contributed by atoms with Gasteiger partial charge in [0.1, 0.15) is 0 Å². The minimum Gasteiger partial charge on any atom is -0.385 e. The second-order valence-electron chi connectivity index (χ2n) is 4.83. The molecule has 0 aliphatic carbocycles. The van der Waals surface area contributed by atoms with Crippen LogP contribution in [0.1, 0.15) is 17.5 Å². The van der Waals surface area contributed by atoms with Gasteiger partial charge in [-0.25, -0.2) is 13.6 Å². The van der Waals surface area contributed by atoms with Crippen molar-refractivity contribution in [2.24, 2.45) is 10.9 Å². The maximum absolute atomic E-state index is 12.0. The van der Waals surface area contributed by atoms with E-state index in [1.54, 1.807) is 13.8 Å². The molecule has 0 heterocycles. The zero-order valence-corrected chi connectivity index (χ0v) is 13.2. The summed E-state index contributed by atoms with van der Waals surface area (Å²) >= 11 is 0. The molecule has 0 aliphatic heterocycles. The van der Waals surface area contributed by atoms with E-state index < -0.39 is 22.0 Å². The highest BCUT2D eigenvalue weighted by molar-refractivity contribution is 7.89. The van der Waals surface area contributed by atoms with Crippen LogP contribution in [0.15, 0.2) is 17.0 Å². The van der Waals surface area contributed by atoms with Crippen LogP contribution in [0.25, 0.3) is 0 Å². The number of amides is 1. The minimum atomic E-state index is -3.84. The van der Waals surface area contributed by atoms with E-state index >= 15 is 0 Å². The van der Waals surface area contributed by atoms with Crippen LogP contribution in [0.5, 0.6) is 0 Å². The monoisotopic (exact) mass is 315 g/mol. The SMILES string of the molecule is COCCC(N)C(=O)Nc1cc(S(N)(=O)=O)cc(C)c1C. The first kappa shape index (κ1) is 17.6. The van der Waals surface area contributed by atoms with E-state index in [-0.39, 0.29) is 4.90 Å². The molecule has 0 saturated carbocycles. The van der Waals surface area contributed by atoms with E-state index in [0.29, 0.717) is 24.3 Å². The molecule has 1 rings (SSSR count). The number of carbonyl (C=O) groups excluding carboxylic acids is 1. The van der Waals surface area contributed by atoms with Gasteiger partial charge >= 0.3 is 0 Å². The lowest BCUT2D eigenvalue weighted by Crippen LogP contribution is -2.36. The van der Waals surface area contributed by atoms with Gasteiger partial charge in [-0.3, -0.25) is 4.79 Å². The van der Waals surface area contributed by atoms with E-state index in [1.807, 2.05) is 0 Å². The van der Waals surface area contributed by atoms with Crippen LogP contribution in [0, 0.1) is 13.8 Å². The van der Waals surface area contributed by atoms with Gasteiger partial charge in [0.25, 0.3) is 0 Å². The quantitative estimate of drug-likeness (QED) is 0.694. The Morgan fingerprint density at radius 2 is 2.00 bits per heavy atom. The summed E-state index contributed by atoms with van der Waals surface area (Å²) in [4.78, 5) is 11.9. The highest BCUT2D eigenvalue weighted by atomic mass is 32.2. The number of carbonyl (C=O) groups is 1. The minimum absolute atomic E-state index is 0.0497. The molecule has 0 radical (unpaired) electrons. The largest absolute Gasteiger partial charge is 0.385 e. The molecule has 0 spiro atoms. The van der Waals surface area contributed by atoms with Crippen LogP contribution in [0.3, 0.4) is 0 Å². The molecular formula is C13H21N3O4S. The van der Waals surface area contributed by atoms with Crippen LogP contribution in [0.2, 0.25) is 0 Å². The van der Waals surface area contributed by atoms with Crippen LogP contribution in [0.4, 0.5) is 5.69 Å². The summed E-state index contributed by atoms with van der Waals surface area (Å²) in [7, 11) is -2.32. The van der Waals surface area contributed by atoms with Crippen LogP contribution >= 0.6 is 0 Å². The first-order chi connectivity index (χ1) is 9.66. The van der Waals surface area contributed by atoms with Gasteiger partial charge in [0.05, 0.1) is 10.9 Å². The van der Waals surface area contributed by atoms with Crippen molar-refractivity contribution < 1.29 is 17.9 Å². The summed E-state index contributed by atoms with van der Waals surface area (Å²) in [6, 6.07) is 2.06. The van der Waals surface area contributed by atoms with E-state index in [2.05, 4.69) is 5.32 Å². The standard InChI is InChI=1S/C13H21N3O4S/c1-8-6-10(21(15,18)19)7-12(9(8)2)16-13(17)11(14)4-5-20-3/h6-7,11H,4-5,14H2,1-3H3,(H,16,17)(H2,15,18,19). The Bertz CT molecular complexity index is 629. The molecule has 1 aromatic carbocycles. The second-order valence-corrected chi connectivity index (χ2v) is 6.40. The molecule has 0 aromatic heterocycles. The molecule has 0 saturated heterocycles. The van der Waals surface area contributed by atoms with Crippen molar-refractivity contribution in [3.63, 3.8) is 0 Å². The van der Waals surface area contributed by atoms with Crippen LogP contribution in [-0.4, -0.2) is 34.1 Å². The van der Waals surface area contributed by atoms with Crippen molar-refractivity contribution in [1.29, 1.82) is 0 Å². The van der Waals surface area contributed by atoms with Gasteiger partial charge < -0.3 is 15.8 Å². The lowest BCUT2D eigenvalue weighted by atomic mass is 10.1. The zero-order chi connectivity index (χ0) is 16.2. The smallest absolute Gasteiger partial charge is 0.241 e. The Hall–Kier alpha value is -1.48. The molecular weight excluding hydrogens is 294 g/mol. The molecule has 0 aliphatic rings. The predicted octanol–water partition coefficient (Wildman–Crippen LogP) is 0.253. The highest BCUT2D eigenvalue weighted by Gasteiger charge is 2.17. The van der Waals surface area contributed by atoms with Crippen LogP contribution in [-0.2, 0) is 19.6 Å². The number of hydrogen-bond donors (Lipinski definition) is 3. The first-order valence-corrected chi connectivity index (χ1v) is 7.91. The molecule has 118 valence electrons. The van der Waals surface area contributed by atoms with E-state index in [9.17, 15) is 13.2 Å². The van der Waals surface area contributed by atoms with Gasteiger partial charge in [0, 0.05) is 19.4 Å². The summed E-state index contributed by atoms with van der Waals surface area (Å²) < 4.78 is 27.7. The Balaban J connectivity index is 3.03. The fraction of sp³-hybridized carbons (Fsp3) is 0.462. The predicted molar refractivity (Wildman–Crippen MR) is 80.4 cm³/mol. The average molecular weight is 315 g/mol. The van der Waals surface area contributed by atoms with E-state index in [0.717, 1.165) is 5.56 Å². The molecule has 1 amide bonds. The third kappa shape index (κ3) is 4.78. The number of anilines is 1. The third-order valence-electron chi connectivity index (χ3n) is 3.20. The van der Waals surface area contributed by atoms with Gasteiger partial charge in [-0.15, -0.1) is 0 Å². The summed E-state index contributed by atoms with van der Waals surface area (Å²) in [5.41, 5.74) is 7.58. The topological polar surface area (TPSA) is 125 Å². The highest BCUT2D eigenvalue weighted by Crippen LogP contribution is 2.23. The van der Waals surface area contributed by atoms with Gasteiger partial charge in [-0.1, -0.05) is 0 Å². The molecule has 0 bridgehead atoms.